The van der Waals surface area contributed by atoms with Gasteiger partial charge in [0.1, 0.15) is 12.3 Å². The molecule has 1 nitrogen and oxygen atoms in total. The van der Waals surface area contributed by atoms with E-state index in [4.69, 9.17) is 0 Å². The summed E-state index contributed by atoms with van der Waals surface area (Å²) in [6.07, 6.45) is -0.171. The van der Waals surface area contributed by atoms with Crippen molar-refractivity contribution in [3.63, 3.8) is 0 Å². The third kappa shape index (κ3) is 1.13. The Morgan fingerprint density at radius 3 is 2.71 bits per heavy atom. The van der Waals surface area contributed by atoms with Crippen LogP contribution in [0.25, 0.3) is 0 Å². The first-order valence-corrected chi connectivity index (χ1v) is 2.60. The first-order chi connectivity index (χ1) is 3.34. The van der Waals surface area contributed by atoms with E-state index in [0.29, 0.717) is 13.0 Å². The van der Waals surface area contributed by atoms with Crippen LogP contribution in [0.2, 0.25) is 0 Å². The average Bonchev–Trinajstić information content (AvgIpc) is 2.44. The van der Waals surface area contributed by atoms with Crippen LogP contribution in [0.15, 0.2) is 0 Å². The lowest BCUT2D eigenvalue weighted by Gasteiger charge is -1.94. The molecule has 0 aromatic rings. The molecule has 0 radical (unpaired) electrons. The summed E-state index contributed by atoms with van der Waals surface area (Å²) < 4.78 is 16.9. The highest BCUT2D eigenvalue weighted by atomic mass is 19.1. The molecule has 0 spiro atoms. The van der Waals surface area contributed by atoms with Crippen LogP contribution in [-0.2, 0) is 4.74 Å². The minimum Gasteiger partial charge on any atom is -0.370 e. The van der Waals surface area contributed by atoms with Crippen molar-refractivity contribution < 1.29 is 9.13 Å². The fourth-order valence-electron chi connectivity index (χ4n) is 0.527. The quantitative estimate of drug-likeness (QED) is 0.478. The number of alkyl halides is 1. The maximum absolute atomic E-state index is 12.2. The van der Waals surface area contributed by atoms with E-state index in [-0.39, 0.29) is 6.10 Å². The monoisotopic (exact) mass is 104 g/mol. The van der Waals surface area contributed by atoms with Crippen LogP contribution in [0.1, 0.15) is 13.3 Å². The van der Waals surface area contributed by atoms with Gasteiger partial charge in [0.15, 0.2) is 0 Å². The van der Waals surface area contributed by atoms with Crippen molar-refractivity contribution in [2.45, 2.75) is 25.6 Å². The fourth-order valence-corrected chi connectivity index (χ4v) is 0.527. The molecule has 1 fully saturated rings. The molecule has 42 valence electrons. The first kappa shape index (κ1) is 5.04. The van der Waals surface area contributed by atoms with Crippen LogP contribution in [-0.4, -0.2) is 18.9 Å². The maximum Gasteiger partial charge on any atom is 0.128 e. The Bertz CT molecular complexity index is 61.1. The van der Waals surface area contributed by atoms with Crippen molar-refractivity contribution in [3.8, 4) is 0 Å². The average molecular weight is 104 g/mol. The van der Waals surface area contributed by atoms with Gasteiger partial charge in [-0.05, 0) is 6.42 Å². The molecular weight excluding hydrogens is 95.1 g/mol. The van der Waals surface area contributed by atoms with Crippen LogP contribution in [0.5, 0.6) is 0 Å². The molecule has 0 bridgehead atoms. The Morgan fingerprint density at radius 2 is 2.57 bits per heavy atom. The van der Waals surface area contributed by atoms with Gasteiger partial charge in [-0.2, -0.15) is 0 Å². The molecule has 0 amide bonds. The number of rotatable bonds is 2. The number of halogens is 1. The van der Waals surface area contributed by atoms with Crippen molar-refractivity contribution in [1.82, 2.24) is 0 Å². The number of epoxide rings is 1. The van der Waals surface area contributed by atoms with Gasteiger partial charge in [-0.1, -0.05) is 6.92 Å². The smallest absolute Gasteiger partial charge is 0.128 e. The van der Waals surface area contributed by atoms with Gasteiger partial charge in [-0.3, -0.25) is 0 Å². The molecule has 1 aliphatic rings. The summed E-state index contributed by atoms with van der Waals surface area (Å²) in [6.45, 7) is 2.46. The molecule has 7 heavy (non-hydrogen) atoms. The Hall–Kier alpha value is -0.110. The molecule has 0 aliphatic carbocycles. The van der Waals surface area contributed by atoms with Crippen molar-refractivity contribution in [1.29, 1.82) is 0 Å². The van der Waals surface area contributed by atoms with E-state index < -0.39 is 6.17 Å². The van der Waals surface area contributed by atoms with Gasteiger partial charge < -0.3 is 4.74 Å². The van der Waals surface area contributed by atoms with Crippen molar-refractivity contribution in [3.05, 3.63) is 0 Å². The lowest BCUT2D eigenvalue weighted by molar-refractivity contribution is 0.243. The molecule has 1 saturated heterocycles. The minimum atomic E-state index is -0.708. The third-order valence-corrected chi connectivity index (χ3v) is 1.15. The third-order valence-electron chi connectivity index (χ3n) is 1.15. The van der Waals surface area contributed by atoms with Crippen LogP contribution < -0.4 is 0 Å². The van der Waals surface area contributed by atoms with Gasteiger partial charge in [0.25, 0.3) is 0 Å². The summed E-state index contributed by atoms with van der Waals surface area (Å²) in [7, 11) is 0. The zero-order valence-electron chi connectivity index (χ0n) is 4.36. The van der Waals surface area contributed by atoms with Gasteiger partial charge >= 0.3 is 0 Å². The highest BCUT2D eigenvalue weighted by molar-refractivity contribution is 4.76. The predicted octanol–water partition coefficient (Wildman–Crippen LogP) is 1.13. The summed E-state index contributed by atoms with van der Waals surface area (Å²) in [5, 5.41) is 0. The topological polar surface area (TPSA) is 12.5 Å². The first-order valence-electron chi connectivity index (χ1n) is 2.60. The fraction of sp³-hybridized carbons (Fsp3) is 1.00. The van der Waals surface area contributed by atoms with E-state index >= 15 is 0 Å². The molecular formula is C5H9FO. The maximum atomic E-state index is 12.2. The number of hydrogen-bond donors (Lipinski definition) is 0. The van der Waals surface area contributed by atoms with E-state index in [9.17, 15) is 4.39 Å². The lowest BCUT2D eigenvalue weighted by atomic mass is 10.2. The van der Waals surface area contributed by atoms with Gasteiger partial charge in [-0.25, -0.2) is 4.39 Å². The highest BCUT2D eigenvalue weighted by Crippen LogP contribution is 2.18. The minimum absolute atomic E-state index is 0.0509. The molecule has 2 heteroatoms. The Kier molecular flexibility index (Phi) is 1.28. The molecule has 0 aromatic heterocycles. The zero-order chi connectivity index (χ0) is 5.28. The Balaban J connectivity index is 2.10. The molecule has 0 aromatic carbocycles. The predicted molar refractivity (Wildman–Crippen MR) is 24.9 cm³/mol. The van der Waals surface area contributed by atoms with E-state index in [1.54, 1.807) is 0 Å². The summed E-state index contributed by atoms with van der Waals surface area (Å²) in [6, 6.07) is 0. The summed E-state index contributed by atoms with van der Waals surface area (Å²) in [5.41, 5.74) is 0. The standard InChI is InChI=1S/C5H9FO/c1-2-4(6)5-3-7-5/h4-5H,2-3H2,1H3. The zero-order valence-corrected chi connectivity index (χ0v) is 4.36. The SMILES string of the molecule is CCC(F)C1CO1. The van der Waals surface area contributed by atoms with E-state index in [1.165, 1.54) is 0 Å². The second-order valence-corrected chi connectivity index (χ2v) is 1.80. The number of hydrogen-bond acceptors (Lipinski definition) is 1. The summed E-state index contributed by atoms with van der Waals surface area (Å²) in [4.78, 5) is 0. The second kappa shape index (κ2) is 1.78. The van der Waals surface area contributed by atoms with Crippen molar-refractivity contribution in [2.24, 2.45) is 0 Å². The number of ether oxygens (including phenoxy) is 1. The molecule has 2 unspecified atom stereocenters. The van der Waals surface area contributed by atoms with Gasteiger partial charge in [0.05, 0.1) is 6.61 Å². The molecule has 0 saturated carbocycles. The molecule has 1 rings (SSSR count). The second-order valence-electron chi connectivity index (χ2n) is 1.80. The van der Waals surface area contributed by atoms with Crippen LogP contribution in [0.4, 0.5) is 4.39 Å². The van der Waals surface area contributed by atoms with Gasteiger partial charge in [0.2, 0.25) is 0 Å². The Morgan fingerprint density at radius 1 is 2.00 bits per heavy atom. The summed E-state index contributed by atoms with van der Waals surface area (Å²) in [5.74, 6) is 0. The molecule has 2 atom stereocenters. The van der Waals surface area contributed by atoms with Gasteiger partial charge in [-0.15, -0.1) is 0 Å². The van der Waals surface area contributed by atoms with E-state index in [2.05, 4.69) is 4.74 Å². The molecule has 1 heterocycles. The van der Waals surface area contributed by atoms with E-state index in [0.717, 1.165) is 0 Å². The highest BCUT2D eigenvalue weighted by Gasteiger charge is 2.30. The van der Waals surface area contributed by atoms with Crippen LogP contribution >= 0.6 is 0 Å². The molecule has 0 N–H and O–H groups in total. The summed E-state index contributed by atoms with van der Waals surface area (Å²) >= 11 is 0. The van der Waals surface area contributed by atoms with Gasteiger partial charge in [0, 0.05) is 0 Å². The van der Waals surface area contributed by atoms with Crippen LogP contribution in [0, 0.1) is 0 Å². The van der Waals surface area contributed by atoms with Crippen molar-refractivity contribution >= 4 is 0 Å². The Labute approximate surface area is 42.5 Å². The van der Waals surface area contributed by atoms with E-state index in [1.807, 2.05) is 6.92 Å². The van der Waals surface area contributed by atoms with Crippen molar-refractivity contribution in [2.75, 3.05) is 6.61 Å². The van der Waals surface area contributed by atoms with Crippen LogP contribution in [0.3, 0.4) is 0 Å². The molecule has 1 aliphatic heterocycles. The lowest BCUT2D eigenvalue weighted by Crippen LogP contribution is -2.05. The normalized spacial score (nSPS) is 32.6. The largest absolute Gasteiger partial charge is 0.370 e.